The lowest BCUT2D eigenvalue weighted by atomic mass is 10.00. The highest BCUT2D eigenvalue weighted by molar-refractivity contribution is 7.98. The number of hydrogen-bond donors (Lipinski definition) is 3. The fraction of sp³-hybridized carbons (Fsp3) is 0.250. The molecule has 156 valence electrons. The maximum Gasteiger partial charge on any atom is 0.279 e. The Morgan fingerprint density at radius 1 is 0.933 bits per heavy atom. The number of fused-ring (bicyclic) bond motifs is 1. The average Bonchev–Trinajstić information content (AvgIpc) is 2.73. The summed E-state index contributed by atoms with van der Waals surface area (Å²) in [5.74, 6) is -0.186. The Morgan fingerprint density at radius 3 is 2.40 bits per heavy atom. The maximum atomic E-state index is 12.5. The molecule has 0 fully saturated rings. The monoisotopic (exact) mass is 422 g/mol. The van der Waals surface area contributed by atoms with Crippen molar-refractivity contribution in [3.8, 4) is 0 Å². The van der Waals surface area contributed by atoms with Gasteiger partial charge in [0.05, 0.1) is 18.8 Å². The zero-order valence-electron chi connectivity index (χ0n) is 17.6. The Kier molecular flexibility index (Phi) is 7.49. The lowest BCUT2D eigenvalue weighted by Gasteiger charge is -2.19. The third-order valence-electron chi connectivity index (χ3n) is 4.97. The molecule has 0 spiro atoms. The lowest BCUT2D eigenvalue weighted by Crippen LogP contribution is -3.11. The summed E-state index contributed by atoms with van der Waals surface area (Å²) in [5, 5.41) is 8.30. The number of hydrogen-bond acceptors (Lipinski definition) is 3. The molecule has 6 heteroatoms. The molecular weight excluding hydrogens is 394 g/mol. The molecule has 0 saturated heterocycles. The number of benzene rings is 3. The first-order valence-electron chi connectivity index (χ1n) is 9.99. The zero-order valence-corrected chi connectivity index (χ0v) is 18.4. The predicted molar refractivity (Wildman–Crippen MR) is 124 cm³/mol. The van der Waals surface area contributed by atoms with Gasteiger partial charge < -0.3 is 15.5 Å². The van der Waals surface area contributed by atoms with Crippen molar-refractivity contribution in [1.82, 2.24) is 5.32 Å². The Hall–Kier alpha value is -2.83. The van der Waals surface area contributed by atoms with E-state index in [1.807, 2.05) is 68.8 Å². The van der Waals surface area contributed by atoms with Gasteiger partial charge in [-0.3, -0.25) is 9.59 Å². The summed E-state index contributed by atoms with van der Waals surface area (Å²) in [6, 6.07) is 21.9. The van der Waals surface area contributed by atoms with Gasteiger partial charge >= 0.3 is 0 Å². The second kappa shape index (κ2) is 10.3. The summed E-state index contributed by atoms with van der Waals surface area (Å²) in [5.41, 5.74) is 1.89. The molecule has 3 aromatic carbocycles. The topological polar surface area (TPSA) is 62.6 Å². The third kappa shape index (κ3) is 5.62. The van der Waals surface area contributed by atoms with E-state index in [2.05, 4.69) is 28.8 Å². The Balaban J connectivity index is 1.54. The van der Waals surface area contributed by atoms with Gasteiger partial charge in [0.1, 0.15) is 0 Å². The summed E-state index contributed by atoms with van der Waals surface area (Å²) in [7, 11) is 1.85. The molecule has 0 saturated carbocycles. The van der Waals surface area contributed by atoms with Gasteiger partial charge in [0.2, 0.25) is 0 Å². The van der Waals surface area contributed by atoms with E-state index in [0.717, 1.165) is 31.8 Å². The third-order valence-corrected chi connectivity index (χ3v) is 5.77. The molecule has 3 rings (SSSR count). The highest BCUT2D eigenvalue weighted by Gasteiger charge is 2.18. The van der Waals surface area contributed by atoms with E-state index in [-0.39, 0.29) is 30.9 Å². The first-order valence-corrected chi connectivity index (χ1v) is 11.2. The highest BCUT2D eigenvalue weighted by Crippen LogP contribution is 2.25. The molecule has 2 atom stereocenters. The summed E-state index contributed by atoms with van der Waals surface area (Å²) in [4.78, 5) is 26.8. The van der Waals surface area contributed by atoms with Gasteiger partial charge in [-0.1, -0.05) is 54.6 Å². The smallest absolute Gasteiger partial charge is 0.279 e. The molecule has 0 bridgehead atoms. The minimum atomic E-state index is -0.112. The average molecular weight is 423 g/mol. The summed E-state index contributed by atoms with van der Waals surface area (Å²) >= 11 is 1.59. The minimum absolute atomic E-state index is 0.0785. The van der Waals surface area contributed by atoms with Crippen LogP contribution in [0.2, 0.25) is 0 Å². The molecule has 0 heterocycles. The van der Waals surface area contributed by atoms with Crippen molar-refractivity contribution in [3.63, 3.8) is 0 Å². The van der Waals surface area contributed by atoms with Crippen molar-refractivity contribution in [1.29, 1.82) is 0 Å². The molecule has 3 N–H and O–H groups in total. The molecule has 0 aliphatic heterocycles. The maximum absolute atomic E-state index is 12.5. The van der Waals surface area contributed by atoms with Crippen molar-refractivity contribution >= 4 is 40.0 Å². The van der Waals surface area contributed by atoms with Gasteiger partial charge in [-0.25, -0.2) is 0 Å². The first kappa shape index (κ1) is 21.9. The number of carbonyl (C=O) groups is 2. The van der Waals surface area contributed by atoms with Crippen molar-refractivity contribution < 1.29 is 14.5 Å². The quantitative estimate of drug-likeness (QED) is 0.489. The van der Waals surface area contributed by atoms with Crippen LogP contribution in [-0.4, -0.2) is 38.2 Å². The van der Waals surface area contributed by atoms with Crippen LogP contribution in [-0.2, 0) is 9.59 Å². The Labute approximate surface area is 181 Å². The van der Waals surface area contributed by atoms with Gasteiger partial charge in [-0.15, -0.1) is 11.8 Å². The van der Waals surface area contributed by atoms with Crippen LogP contribution in [0.1, 0.15) is 18.5 Å². The van der Waals surface area contributed by atoms with E-state index in [4.69, 9.17) is 0 Å². The van der Waals surface area contributed by atoms with E-state index >= 15 is 0 Å². The number of rotatable bonds is 8. The number of nitrogens with one attached hydrogen (secondary N) is 3. The standard InChI is InChI=1S/C24H27N3O2S/c1-17(19-12-8-10-18-9-4-5-11-20(18)19)25-23(28)15-27(2)16-24(29)26-21-13-6-7-14-22(21)30-3/h4-14,17H,15-16H2,1-3H3,(H,25,28)(H,26,29)/p+1/t17-/m0/s1. The van der Waals surface area contributed by atoms with E-state index in [9.17, 15) is 9.59 Å². The Morgan fingerprint density at radius 2 is 1.60 bits per heavy atom. The van der Waals surface area contributed by atoms with E-state index < -0.39 is 0 Å². The molecule has 2 amide bonds. The first-order chi connectivity index (χ1) is 14.5. The molecule has 5 nitrogen and oxygen atoms in total. The van der Waals surface area contributed by atoms with Crippen LogP contribution in [0.15, 0.2) is 71.6 Å². The second-order valence-electron chi connectivity index (χ2n) is 7.42. The number of amides is 2. The second-order valence-corrected chi connectivity index (χ2v) is 8.26. The van der Waals surface area contributed by atoms with Gasteiger partial charge in [0.25, 0.3) is 11.8 Å². The highest BCUT2D eigenvalue weighted by atomic mass is 32.2. The van der Waals surface area contributed by atoms with Crippen LogP contribution in [0, 0.1) is 0 Å². The molecule has 0 radical (unpaired) electrons. The number of carbonyl (C=O) groups excluding carboxylic acids is 2. The van der Waals surface area contributed by atoms with Crippen LogP contribution in [0.25, 0.3) is 10.8 Å². The van der Waals surface area contributed by atoms with Crippen molar-refractivity contribution in [2.24, 2.45) is 0 Å². The normalized spacial score (nSPS) is 12.9. The molecule has 1 unspecified atom stereocenters. The minimum Gasteiger partial charge on any atom is -0.345 e. The van der Waals surface area contributed by atoms with Crippen molar-refractivity contribution in [2.45, 2.75) is 17.9 Å². The predicted octanol–water partition coefficient (Wildman–Crippen LogP) is 2.89. The fourth-order valence-electron chi connectivity index (χ4n) is 3.55. The van der Waals surface area contributed by atoms with Crippen LogP contribution in [0.5, 0.6) is 0 Å². The van der Waals surface area contributed by atoms with Crippen LogP contribution in [0.3, 0.4) is 0 Å². The summed E-state index contributed by atoms with van der Waals surface area (Å²) in [6.07, 6.45) is 1.98. The van der Waals surface area contributed by atoms with Crippen LogP contribution >= 0.6 is 11.8 Å². The van der Waals surface area contributed by atoms with E-state index in [1.165, 1.54) is 0 Å². The number of anilines is 1. The molecule has 3 aromatic rings. The molecule has 30 heavy (non-hydrogen) atoms. The van der Waals surface area contributed by atoms with Gasteiger partial charge in [0, 0.05) is 4.90 Å². The van der Waals surface area contributed by atoms with Crippen molar-refractivity contribution in [2.75, 3.05) is 31.7 Å². The van der Waals surface area contributed by atoms with Crippen LogP contribution < -0.4 is 15.5 Å². The number of likely N-dealkylation sites (N-methyl/N-ethyl adjacent to an activating group) is 1. The lowest BCUT2D eigenvalue weighted by molar-refractivity contribution is -0.862. The van der Waals surface area contributed by atoms with E-state index in [0.29, 0.717) is 0 Å². The van der Waals surface area contributed by atoms with Gasteiger partial charge in [-0.05, 0) is 41.6 Å². The molecule has 0 aliphatic carbocycles. The summed E-state index contributed by atoms with van der Waals surface area (Å²) in [6.45, 7) is 2.44. The van der Waals surface area contributed by atoms with E-state index in [1.54, 1.807) is 11.8 Å². The van der Waals surface area contributed by atoms with Crippen molar-refractivity contribution in [3.05, 3.63) is 72.3 Å². The zero-order chi connectivity index (χ0) is 21.5. The number of thioether (sulfide) groups is 1. The largest absolute Gasteiger partial charge is 0.345 e. The van der Waals surface area contributed by atoms with Gasteiger partial charge in [0.15, 0.2) is 13.1 Å². The SMILES string of the molecule is CSc1ccccc1NC(=O)C[NH+](C)CC(=O)N[C@@H](C)c1cccc2ccccc12. The number of para-hydroxylation sites is 1. The van der Waals surface area contributed by atoms with Crippen LogP contribution in [0.4, 0.5) is 5.69 Å². The fourth-order valence-corrected chi connectivity index (χ4v) is 4.10. The molecule has 0 aliphatic rings. The van der Waals surface area contributed by atoms with Gasteiger partial charge in [-0.2, -0.15) is 0 Å². The number of quaternary nitrogens is 1. The molecule has 0 aromatic heterocycles. The Bertz CT molecular complexity index is 1030. The summed E-state index contributed by atoms with van der Waals surface area (Å²) < 4.78 is 0. The molecular formula is C24H28N3O2S+.